The van der Waals surface area contributed by atoms with E-state index in [4.69, 9.17) is 4.74 Å². The van der Waals surface area contributed by atoms with Crippen molar-refractivity contribution in [3.05, 3.63) is 51.7 Å². The molecule has 0 aliphatic heterocycles. The molecule has 2 aromatic rings. The Morgan fingerprint density at radius 2 is 1.80 bits per heavy atom. The average molecular weight is 295 g/mol. The predicted molar refractivity (Wildman–Crippen MR) is 74.9 cm³/mol. The Balaban J connectivity index is 1.54. The Bertz CT molecular complexity index is 575. The molecule has 106 valence electrons. The van der Waals surface area contributed by atoms with Gasteiger partial charge in [0.05, 0.1) is 0 Å². The van der Waals surface area contributed by atoms with Crippen LogP contribution in [0.5, 0.6) is 5.75 Å². The first-order valence-electron chi connectivity index (χ1n) is 6.59. The standard InChI is InChI=1S/C15H15F2NOS/c16-10-5-11(17)7-13(6-10)19-9-15-4-3-14(20-15)8-18-12-1-2-12/h3-7,12,18H,1-2,8-9H2. The summed E-state index contributed by atoms with van der Waals surface area (Å²) < 4.78 is 31.4. The van der Waals surface area contributed by atoms with Gasteiger partial charge in [0.1, 0.15) is 24.0 Å². The lowest BCUT2D eigenvalue weighted by Gasteiger charge is -2.04. The monoisotopic (exact) mass is 295 g/mol. The van der Waals surface area contributed by atoms with Gasteiger partial charge in [-0.05, 0) is 25.0 Å². The fraction of sp³-hybridized carbons (Fsp3) is 0.333. The van der Waals surface area contributed by atoms with Crippen molar-refractivity contribution in [3.8, 4) is 5.75 Å². The number of rotatable bonds is 6. The smallest absolute Gasteiger partial charge is 0.129 e. The molecule has 2 nitrogen and oxygen atoms in total. The highest BCUT2D eigenvalue weighted by Crippen LogP contribution is 2.23. The molecule has 5 heteroatoms. The maximum atomic E-state index is 13.0. The van der Waals surface area contributed by atoms with Crippen LogP contribution < -0.4 is 10.1 Å². The number of thiophene rings is 1. The number of halogens is 2. The highest BCUT2D eigenvalue weighted by atomic mass is 32.1. The Kier molecular flexibility index (Phi) is 3.98. The summed E-state index contributed by atoms with van der Waals surface area (Å²) in [5.74, 6) is -1.03. The van der Waals surface area contributed by atoms with E-state index >= 15 is 0 Å². The molecule has 0 radical (unpaired) electrons. The number of hydrogen-bond donors (Lipinski definition) is 1. The molecule has 0 saturated heterocycles. The summed E-state index contributed by atoms with van der Waals surface area (Å²) in [6, 6.07) is 7.94. The average Bonchev–Trinajstić information content (AvgIpc) is 3.12. The Morgan fingerprint density at radius 3 is 2.50 bits per heavy atom. The van der Waals surface area contributed by atoms with Gasteiger partial charge < -0.3 is 10.1 Å². The van der Waals surface area contributed by atoms with E-state index < -0.39 is 11.6 Å². The van der Waals surface area contributed by atoms with Gasteiger partial charge in [0, 0.05) is 40.5 Å². The molecule has 1 N–H and O–H groups in total. The summed E-state index contributed by atoms with van der Waals surface area (Å²) in [4.78, 5) is 2.29. The normalized spacial score (nSPS) is 14.5. The minimum Gasteiger partial charge on any atom is -0.488 e. The van der Waals surface area contributed by atoms with Crippen LogP contribution >= 0.6 is 11.3 Å². The lowest BCUT2D eigenvalue weighted by Crippen LogP contribution is -2.14. The van der Waals surface area contributed by atoms with Crippen molar-refractivity contribution in [1.82, 2.24) is 5.32 Å². The first-order chi connectivity index (χ1) is 9.69. The molecule has 1 aromatic heterocycles. The third-order valence-corrected chi connectivity index (χ3v) is 4.14. The van der Waals surface area contributed by atoms with Crippen LogP contribution in [0.25, 0.3) is 0 Å². The van der Waals surface area contributed by atoms with Gasteiger partial charge in [0.15, 0.2) is 0 Å². The molecule has 1 heterocycles. The number of hydrogen-bond acceptors (Lipinski definition) is 3. The van der Waals surface area contributed by atoms with Crippen molar-refractivity contribution < 1.29 is 13.5 Å². The van der Waals surface area contributed by atoms with Crippen molar-refractivity contribution in [2.45, 2.75) is 32.0 Å². The minimum absolute atomic E-state index is 0.216. The van der Waals surface area contributed by atoms with Crippen molar-refractivity contribution in [1.29, 1.82) is 0 Å². The molecule has 0 amide bonds. The summed E-state index contributed by atoms with van der Waals surface area (Å²) in [6.07, 6.45) is 2.54. The molecule has 1 aliphatic rings. The fourth-order valence-corrected chi connectivity index (χ4v) is 2.78. The van der Waals surface area contributed by atoms with Gasteiger partial charge in [0.2, 0.25) is 0 Å². The molecular formula is C15H15F2NOS. The maximum absolute atomic E-state index is 13.0. The topological polar surface area (TPSA) is 21.3 Å². The van der Waals surface area contributed by atoms with Crippen molar-refractivity contribution in [2.75, 3.05) is 0 Å². The van der Waals surface area contributed by atoms with Crippen LogP contribution in [0.2, 0.25) is 0 Å². The van der Waals surface area contributed by atoms with Gasteiger partial charge in [-0.25, -0.2) is 8.78 Å². The highest BCUT2D eigenvalue weighted by molar-refractivity contribution is 7.11. The van der Waals surface area contributed by atoms with Crippen molar-refractivity contribution >= 4 is 11.3 Å². The van der Waals surface area contributed by atoms with Crippen LogP contribution in [0.1, 0.15) is 22.6 Å². The lowest BCUT2D eigenvalue weighted by molar-refractivity contribution is 0.306. The van der Waals surface area contributed by atoms with Crippen LogP contribution in [0.4, 0.5) is 8.78 Å². The van der Waals surface area contributed by atoms with Gasteiger partial charge in [-0.15, -0.1) is 11.3 Å². The molecule has 1 aromatic carbocycles. The summed E-state index contributed by atoms with van der Waals surface area (Å²) in [6.45, 7) is 1.21. The van der Waals surface area contributed by atoms with Gasteiger partial charge >= 0.3 is 0 Å². The number of benzene rings is 1. The SMILES string of the molecule is Fc1cc(F)cc(OCc2ccc(CNC3CC3)s2)c1. The quantitative estimate of drug-likeness (QED) is 0.874. The van der Waals surface area contributed by atoms with Crippen molar-refractivity contribution in [3.63, 3.8) is 0 Å². The van der Waals surface area contributed by atoms with E-state index in [1.807, 2.05) is 6.07 Å². The van der Waals surface area contributed by atoms with E-state index in [-0.39, 0.29) is 5.75 Å². The van der Waals surface area contributed by atoms with E-state index in [9.17, 15) is 8.78 Å². The lowest BCUT2D eigenvalue weighted by atomic mass is 10.3. The molecule has 1 saturated carbocycles. The molecule has 0 atom stereocenters. The Hall–Kier alpha value is -1.46. The van der Waals surface area contributed by atoms with Crippen LogP contribution in [0.15, 0.2) is 30.3 Å². The number of nitrogens with one attached hydrogen (secondary N) is 1. The molecule has 3 rings (SSSR count). The zero-order valence-electron chi connectivity index (χ0n) is 10.9. The second-order valence-electron chi connectivity index (χ2n) is 4.92. The van der Waals surface area contributed by atoms with Crippen molar-refractivity contribution in [2.24, 2.45) is 0 Å². The van der Waals surface area contributed by atoms with Gasteiger partial charge in [0.25, 0.3) is 0 Å². The molecule has 0 bridgehead atoms. The second kappa shape index (κ2) is 5.89. The molecule has 0 unspecified atom stereocenters. The molecule has 20 heavy (non-hydrogen) atoms. The van der Waals surface area contributed by atoms with E-state index in [2.05, 4.69) is 11.4 Å². The van der Waals surface area contributed by atoms with E-state index in [0.717, 1.165) is 17.5 Å². The molecule has 1 aliphatic carbocycles. The fourth-order valence-electron chi connectivity index (χ4n) is 1.89. The van der Waals surface area contributed by atoms with Crippen LogP contribution in [-0.2, 0) is 13.2 Å². The van der Waals surface area contributed by atoms with Crippen LogP contribution in [0.3, 0.4) is 0 Å². The second-order valence-corrected chi connectivity index (χ2v) is 6.17. The third kappa shape index (κ3) is 3.77. The molecular weight excluding hydrogens is 280 g/mol. The predicted octanol–water partition coefficient (Wildman–Crippen LogP) is 3.86. The van der Waals surface area contributed by atoms with E-state index in [0.29, 0.717) is 12.6 Å². The Labute approximate surface area is 120 Å². The molecule has 0 spiro atoms. The van der Waals surface area contributed by atoms with Gasteiger partial charge in [-0.1, -0.05) is 0 Å². The maximum Gasteiger partial charge on any atom is 0.129 e. The molecule has 1 fully saturated rings. The zero-order chi connectivity index (χ0) is 13.9. The summed E-state index contributed by atoms with van der Waals surface area (Å²) in [5.41, 5.74) is 0. The van der Waals surface area contributed by atoms with Crippen LogP contribution in [0, 0.1) is 11.6 Å². The zero-order valence-corrected chi connectivity index (χ0v) is 11.7. The van der Waals surface area contributed by atoms with Gasteiger partial charge in [-0.3, -0.25) is 0 Å². The summed E-state index contributed by atoms with van der Waals surface area (Å²) >= 11 is 1.66. The first kappa shape index (κ1) is 13.5. The largest absolute Gasteiger partial charge is 0.488 e. The Morgan fingerprint density at radius 1 is 1.10 bits per heavy atom. The summed E-state index contributed by atoms with van der Waals surface area (Å²) in [7, 11) is 0. The van der Waals surface area contributed by atoms with E-state index in [1.54, 1.807) is 11.3 Å². The minimum atomic E-state index is -0.625. The van der Waals surface area contributed by atoms with Crippen LogP contribution in [-0.4, -0.2) is 6.04 Å². The van der Waals surface area contributed by atoms with Gasteiger partial charge in [-0.2, -0.15) is 0 Å². The first-order valence-corrected chi connectivity index (χ1v) is 7.40. The number of ether oxygens (including phenoxy) is 1. The van der Waals surface area contributed by atoms with E-state index in [1.165, 1.54) is 29.9 Å². The summed E-state index contributed by atoms with van der Waals surface area (Å²) in [5, 5.41) is 3.45. The highest BCUT2D eigenvalue weighted by Gasteiger charge is 2.20. The third-order valence-electron chi connectivity index (χ3n) is 3.08.